The summed E-state index contributed by atoms with van der Waals surface area (Å²) in [5, 5.41) is 16.2. The zero-order valence-electron chi connectivity index (χ0n) is 11.9. The fourth-order valence-electron chi connectivity index (χ4n) is 2.02. The summed E-state index contributed by atoms with van der Waals surface area (Å²) < 4.78 is 10.3. The van der Waals surface area contributed by atoms with Gasteiger partial charge in [-0.3, -0.25) is 0 Å². The highest BCUT2D eigenvalue weighted by Gasteiger charge is 2.08. The van der Waals surface area contributed by atoms with Crippen LogP contribution in [0.25, 0.3) is 0 Å². The fraction of sp³-hybridized carbons (Fsp3) is 0.333. The largest absolute Gasteiger partial charge is 0.495 e. The number of nitriles is 1. The van der Waals surface area contributed by atoms with Crippen LogP contribution in [0.3, 0.4) is 0 Å². The number of aromatic nitrogens is 1. The van der Waals surface area contributed by atoms with E-state index in [1.807, 2.05) is 26.0 Å². The molecule has 0 fully saturated rings. The van der Waals surface area contributed by atoms with Gasteiger partial charge in [0.2, 0.25) is 0 Å². The molecule has 5 nitrogen and oxygen atoms in total. The van der Waals surface area contributed by atoms with Crippen molar-refractivity contribution in [2.75, 3.05) is 7.11 Å². The average molecular weight is 271 g/mol. The third-order valence-corrected chi connectivity index (χ3v) is 3.20. The second kappa shape index (κ2) is 6.22. The van der Waals surface area contributed by atoms with Crippen LogP contribution in [-0.2, 0) is 13.1 Å². The monoisotopic (exact) mass is 271 g/mol. The van der Waals surface area contributed by atoms with Crippen LogP contribution in [0.2, 0.25) is 0 Å². The number of nitrogens with zero attached hydrogens (tertiary/aromatic N) is 2. The Hall–Kier alpha value is -2.32. The lowest BCUT2D eigenvalue weighted by molar-refractivity contribution is 0.392. The summed E-state index contributed by atoms with van der Waals surface area (Å²) in [6.45, 7) is 5.22. The van der Waals surface area contributed by atoms with Gasteiger partial charge in [-0.2, -0.15) is 5.26 Å². The number of methoxy groups -OCH3 is 1. The minimum Gasteiger partial charge on any atom is -0.495 e. The molecular weight excluding hydrogens is 254 g/mol. The molecule has 0 aliphatic heterocycles. The van der Waals surface area contributed by atoms with E-state index in [1.54, 1.807) is 13.2 Å². The minimum atomic E-state index is 0.543. The van der Waals surface area contributed by atoms with Crippen molar-refractivity contribution in [3.8, 4) is 11.8 Å². The maximum Gasteiger partial charge on any atom is 0.138 e. The van der Waals surface area contributed by atoms with Crippen LogP contribution in [0.15, 0.2) is 22.7 Å². The van der Waals surface area contributed by atoms with Crippen molar-refractivity contribution in [1.29, 1.82) is 5.26 Å². The topological polar surface area (TPSA) is 71.1 Å². The average Bonchev–Trinajstić information content (AvgIpc) is 2.78. The van der Waals surface area contributed by atoms with E-state index in [-0.39, 0.29) is 0 Å². The molecule has 1 heterocycles. The van der Waals surface area contributed by atoms with E-state index in [4.69, 9.17) is 14.5 Å². The van der Waals surface area contributed by atoms with E-state index in [2.05, 4.69) is 16.5 Å². The van der Waals surface area contributed by atoms with Gasteiger partial charge >= 0.3 is 0 Å². The summed E-state index contributed by atoms with van der Waals surface area (Å²) in [5.41, 5.74) is 3.60. The van der Waals surface area contributed by atoms with Gasteiger partial charge in [-0.25, -0.2) is 0 Å². The normalized spacial score (nSPS) is 10.3. The van der Waals surface area contributed by atoms with Crippen LogP contribution in [0.4, 0.5) is 0 Å². The molecule has 104 valence electrons. The summed E-state index contributed by atoms with van der Waals surface area (Å²) in [6, 6.07) is 7.66. The molecule has 0 atom stereocenters. The van der Waals surface area contributed by atoms with Gasteiger partial charge in [-0.1, -0.05) is 11.2 Å². The second-order valence-corrected chi connectivity index (χ2v) is 4.55. The smallest absolute Gasteiger partial charge is 0.138 e. The van der Waals surface area contributed by atoms with Crippen LogP contribution >= 0.6 is 0 Å². The van der Waals surface area contributed by atoms with Gasteiger partial charge in [0.15, 0.2) is 0 Å². The summed E-state index contributed by atoms with van der Waals surface area (Å²) in [6.07, 6.45) is 0. The number of nitrogens with one attached hydrogen (secondary N) is 1. The Bertz CT molecular complexity index is 622. The highest BCUT2D eigenvalue weighted by atomic mass is 16.5. The Morgan fingerprint density at radius 3 is 2.75 bits per heavy atom. The first-order valence-corrected chi connectivity index (χ1v) is 6.35. The van der Waals surface area contributed by atoms with Crippen LogP contribution in [0.1, 0.15) is 28.1 Å². The zero-order valence-corrected chi connectivity index (χ0v) is 11.9. The molecule has 1 aromatic carbocycles. The third kappa shape index (κ3) is 2.98. The molecule has 1 N–H and O–H groups in total. The maximum atomic E-state index is 8.94. The molecule has 0 saturated heterocycles. The molecule has 0 radical (unpaired) electrons. The van der Waals surface area contributed by atoms with Crippen LogP contribution in [-0.4, -0.2) is 12.3 Å². The van der Waals surface area contributed by atoms with E-state index in [0.717, 1.165) is 22.6 Å². The molecule has 0 amide bonds. The van der Waals surface area contributed by atoms with Gasteiger partial charge in [0.1, 0.15) is 17.6 Å². The standard InChI is InChI=1S/C15H17N3O2/c1-10-14(11(2)20-18-10)9-17-8-12-4-5-13(7-16)15(6-12)19-3/h4-6,17H,8-9H2,1-3H3. The highest BCUT2D eigenvalue weighted by Crippen LogP contribution is 2.19. The van der Waals surface area contributed by atoms with Crippen molar-refractivity contribution in [3.05, 3.63) is 46.3 Å². The van der Waals surface area contributed by atoms with E-state index < -0.39 is 0 Å². The van der Waals surface area contributed by atoms with E-state index >= 15 is 0 Å². The number of aryl methyl sites for hydroxylation is 2. The summed E-state index contributed by atoms with van der Waals surface area (Å²) in [7, 11) is 1.57. The number of hydrogen-bond acceptors (Lipinski definition) is 5. The second-order valence-electron chi connectivity index (χ2n) is 4.55. The first kappa shape index (κ1) is 14.1. The van der Waals surface area contributed by atoms with Crippen molar-refractivity contribution in [3.63, 3.8) is 0 Å². The Labute approximate surface area is 118 Å². The molecule has 0 aliphatic carbocycles. The van der Waals surface area contributed by atoms with Crippen molar-refractivity contribution in [1.82, 2.24) is 10.5 Å². The molecule has 0 bridgehead atoms. The third-order valence-electron chi connectivity index (χ3n) is 3.20. The lowest BCUT2D eigenvalue weighted by Gasteiger charge is -2.08. The molecule has 0 spiro atoms. The zero-order chi connectivity index (χ0) is 14.5. The number of benzene rings is 1. The molecule has 0 aliphatic rings. The highest BCUT2D eigenvalue weighted by molar-refractivity contribution is 5.45. The number of rotatable bonds is 5. The first-order valence-electron chi connectivity index (χ1n) is 6.35. The Morgan fingerprint density at radius 2 is 2.15 bits per heavy atom. The van der Waals surface area contributed by atoms with Gasteiger partial charge in [0, 0.05) is 18.7 Å². The Morgan fingerprint density at radius 1 is 1.35 bits per heavy atom. The Balaban J connectivity index is 2.00. The molecule has 0 saturated carbocycles. The van der Waals surface area contributed by atoms with Gasteiger partial charge in [0.25, 0.3) is 0 Å². The van der Waals surface area contributed by atoms with Crippen molar-refractivity contribution < 1.29 is 9.26 Å². The van der Waals surface area contributed by atoms with Gasteiger partial charge in [-0.05, 0) is 31.5 Å². The van der Waals surface area contributed by atoms with E-state index in [0.29, 0.717) is 24.4 Å². The quantitative estimate of drug-likeness (QED) is 0.904. The summed E-state index contributed by atoms with van der Waals surface area (Å²) in [5.74, 6) is 1.44. The fourth-order valence-corrected chi connectivity index (χ4v) is 2.02. The van der Waals surface area contributed by atoms with Crippen molar-refractivity contribution in [2.45, 2.75) is 26.9 Å². The predicted molar refractivity (Wildman–Crippen MR) is 74.2 cm³/mol. The van der Waals surface area contributed by atoms with Crippen LogP contribution in [0, 0.1) is 25.2 Å². The predicted octanol–water partition coefficient (Wildman–Crippen LogP) is 2.46. The van der Waals surface area contributed by atoms with Crippen molar-refractivity contribution >= 4 is 0 Å². The van der Waals surface area contributed by atoms with Gasteiger partial charge < -0.3 is 14.6 Å². The molecule has 5 heteroatoms. The summed E-state index contributed by atoms with van der Waals surface area (Å²) >= 11 is 0. The molecule has 0 unspecified atom stereocenters. The van der Waals surface area contributed by atoms with Crippen LogP contribution < -0.4 is 10.1 Å². The lowest BCUT2D eigenvalue weighted by Crippen LogP contribution is -2.13. The molecule has 2 aromatic rings. The maximum absolute atomic E-state index is 8.94. The lowest BCUT2D eigenvalue weighted by atomic mass is 10.1. The first-order chi connectivity index (χ1) is 9.65. The SMILES string of the molecule is COc1cc(CNCc2c(C)noc2C)ccc1C#N. The number of hydrogen-bond donors (Lipinski definition) is 1. The van der Waals surface area contributed by atoms with Gasteiger partial charge in [0.05, 0.1) is 18.4 Å². The van der Waals surface area contributed by atoms with Crippen LogP contribution in [0.5, 0.6) is 5.75 Å². The van der Waals surface area contributed by atoms with Gasteiger partial charge in [-0.15, -0.1) is 0 Å². The molecule has 1 aromatic heterocycles. The Kier molecular flexibility index (Phi) is 4.38. The van der Waals surface area contributed by atoms with E-state index in [9.17, 15) is 0 Å². The minimum absolute atomic E-state index is 0.543. The molecule has 2 rings (SSSR count). The van der Waals surface area contributed by atoms with E-state index in [1.165, 1.54) is 0 Å². The summed E-state index contributed by atoms with van der Waals surface area (Å²) in [4.78, 5) is 0. The molecule has 20 heavy (non-hydrogen) atoms. The van der Waals surface area contributed by atoms with Crippen molar-refractivity contribution in [2.24, 2.45) is 0 Å². The number of ether oxygens (including phenoxy) is 1. The molecular formula is C15H17N3O2.